The minimum absolute atomic E-state index is 0.382. The maximum atomic E-state index is 13.8. The Labute approximate surface area is 190 Å². The minimum atomic E-state index is -1.71. The van der Waals surface area contributed by atoms with Crippen LogP contribution in [0.4, 0.5) is 21.9 Å². The molecule has 0 saturated carbocycles. The Morgan fingerprint density at radius 1 is 1.00 bits per heavy atom. The van der Waals surface area contributed by atoms with Crippen LogP contribution in [-0.2, 0) is 5.72 Å². The molecule has 4 rings (SSSR count). The van der Waals surface area contributed by atoms with E-state index in [4.69, 9.17) is 29.8 Å². The van der Waals surface area contributed by atoms with Gasteiger partial charge in [-0.2, -0.15) is 0 Å². The van der Waals surface area contributed by atoms with E-state index in [0.717, 1.165) is 0 Å². The number of carbonyl (C=O) groups excluding carboxylic acids is 1. The van der Waals surface area contributed by atoms with Gasteiger partial charge < -0.3 is 5.11 Å². The molecule has 0 aromatic heterocycles. The maximum Gasteiger partial charge on any atom is 0.332 e. The average Bonchev–Trinajstić information content (AvgIpc) is 3.02. The van der Waals surface area contributed by atoms with E-state index < -0.39 is 11.8 Å². The molecule has 1 saturated heterocycles. The van der Waals surface area contributed by atoms with Crippen molar-refractivity contribution in [3.8, 4) is 0 Å². The van der Waals surface area contributed by atoms with Crippen LogP contribution in [0.3, 0.4) is 0 Å². The molecule has 3 aromatic carbocycles. The Bertz CT molecular complexity index is 1160. The van der Waals surface area contributed by atoms with Gasteiger partial charge in [0.25, 0.3) is 0 Å². The normalized spacial score (nSPS) is 20.7. The van der Waals surface area contributed by atoms with Crippen molar-refractivity contribution in [2.45, 2.75) is 25.1 Å². The molecular weight excluding hydrogens is 433 g/mol. The number of urea groups is 1. The Kier molecular flexibility index (Phi) is 5.63. The molecule has 0 bridgehead atoms. The fourth-order valence-corrected chi connectivity index (χ4v) is 4.35. The number of halogens is 2. The van der Waals surface area contributed by atoms with Gasteiger partial charge in [0.05, 0.1) is 12.6 Å². The highest BCUT2D eigenvalue weighted by atomic mass is 35.5. The highest BCUT2D eigenvalue weighted by molar-refractivity contribution is 6.31. The molecule has 156 valence electrons. The fraction of sp³-hybridized carbons (Fsp3) is 0.167. The van der Waals surface area contributed by atoms with Crippen molar-refractivity contribution in [2.75, 3.05) is 9.80 Å². The summed E-state index contributed by atoms with van der Waals surface area (Å²) in [5.74, 6) is 0. The van der Waals surface area contributed by atoms with E-state index in [1.54, 1.807) is 77.7 Å². The molecule has 1 aliphatic heterocycles. The number of amides is 2. The average molecular weight is 452 g/mol. The van der Waals surface area contributed by atoms with E-state index in [1.807, 2.05) is 6.92 Å². The van der Waals surface area contributed by atoms with Gasteiger partial charge in [-0.15, -0.1) is 0 Å². The molecule has 5 nitrogen and oxygen atoms in total. The van der Waals surface area contributed by atoms with E-state index in [-0.39, 0.29) is 6.03 Å². The predicted molar refractivity (Wildman–Crippen MR) is 124 cm³/mol. The van der Waals surface area contributed by atoms with Crippen molar-refractivity contribution < 1.29 is 9.90 Å². The zero-order chi connectivity index (χ0) is 22.2. The SMILES string of the molecule is [C-]#[N+]c1cccc(C2(O)[C@H](CC)N(c3ccc(Cl)cc3)C(=O)N2c2ccc(Cl)cc2)c1. The van der Waals surface area contributed by atoms with Crippen molar-refractivity contribution in [2.24, 2.45) is 0 Å². The molecule has 1 heterocycles. The molecule has 0 radical (unpaired) electrons. The van der Waals surface area contributed by atoms with Crippen molar-refractivity contribution in [3.05, 3.63) is 99.8 Å². The summed E-state index contributed by atoms with van der Waals surface area (Å²) in [6.07, 6.45) is 0.469. The summed E-state index contributed by atoms with van der Waals surface area (Å²) >= 11 is 12.1. The largest absolute Gasteiger partial charge is 0.365 e. The summed E-state index contributed by atoms with van der Waals surface area (Å²) in [6.45, 7) is 9.28. The Morgan fingerprint density at radius 3 is 2.13 bits per heavy atom. The molecule has 2 atom stereocenters. The van der Waals surface area contributed by atoms with Crippen LogP contribution < -0.4 is 9.80 Å². The van der Waals surface area contributed by atoms with E-state index >= 15 is 0 Å². The molecule has 1 N–H and O–H groups in total. The minimum Gasteiger partial charge on any atom is -0.365 e. The van der Waals surface area contributed by atoms with Gasteiger partial charge in [-0.3, -0.25) is 9.80 Å². The maximum absolute atomic E-state index is 13.8. The Balaban J connectivity index is 1.95. The van der Waals surface area contributed by atoms with Crippen LogP contribution in [0.5, 0.6) is 0 Å². The van der Waals surface area contributed by atoms with Crippen molar-refractivity contribution >= 4 is 46.3 Å². The van der Waals surface area contributed by atoms with Crippen LogP contribution in [0.15, 0.2) is 72.8 Å². The third-order valence-corrected chi connectivity index (χ3v) is 5.99. The number of carbonyl (C=O) groups is 1. The Morgan fingerprint density at radius 2 is 1.58 bits per heavy atom. The molecule has 31 heavy (non-hydrogen) atoms. The summed E-state index contributed by atoms with van der Waals surface area (Å²) in [7, 11) is 0. The number of aliphatic hydroxyl groups is 1. The van der Waals surface area contributed by atoms with Gasteiger partial charge in [-0.1, -0.05) is 48.3 Å². The van der Waals surface area contributed by atoms with E-state index in [9.17, 15) is 9.90 Å². The van der Waals surface area contributed by atoms with E-state index in [0.29, 0.717) is 39.1 Å². The number of nitrogens with zero attached hydrogens (tertiary/aromatic N) is 3. The topological polar surface area (TPSA) is 48.1 Å². The molecule has 1 unspecified atom stereocenters. The van der Waals surface area contributed by atoms with Gasteiger partial charge in [0.1, 0.15) is 0 Å². The third-order valence-electron chi connectivity index (χ3n) is 5.49. The molecule has 0 aliphatic carbocycles. The number of anilines is 2. The second kappa shape index (κ2) is 8.24. The summed E-state index contributed by atoms with van der Waals surface area (Å²) in [6, 6.07) is 19.4. The number of rotatable bonds is 4. The zero-order valence-electron chi connectivity index (χ0n) is 16.7. The highest BCUT2D eigenvalue weighted by Gasteiger charge is 2.57. The molecular formula is C24H19Cl2N3O2. The lowest BCUT2D eigenvalue weighted by Gasteiger charge is -2.37. The lowest BCUT2D eigenvalue weighted by Crippen LogP contribution is -2.49. The van der Waals surface area contributed by atoms with Crippen LogP contribution >= 0.6 is 23.2 Å². The Hall–Kier alpha value is -3.04. The van der Waals surface area contributed by atoms with Crippen LogP contribution in [0.25, 0.3) is 4.85 Å². The number of hydrogen-bond acceptors (Lipinski definition) is 2. The molecule has 2 amide bonds. The third kappa shape index (κ3) is 3.53. The predicted octanol–water partition coefficient (Wildman–Crippen LogP) is 6.61. The van der Waals surface area contributed by atoms with Gasteiger partial charge in [0, 0.05) is 21.4 Å². The standard InChI is InChI=1S/C24H19Cl2N3O2/c1-3-22-24(31,16-5-4-6-19(15-16)27-2)29(21-13-9-18(26)10-14-21)23(30)28(22)20-11-7-17(25)8-12-20/h4-15,22,31H,3H2,1H3/t22-,24?/m0/s1. The first-order valence-corrected chi connectivity index (χ1v) is 10.5. The summed E-state index contributed by atoms with van der Waals surface area (Å²) in [4.78, 5) is 20.2. The van der Waals surface area contributed by atoms with Crippen LogP contribution in [-0.4, -0.2) is 17.2 Å². The van der Waals surface area contributed by atoms with Crippen molar-refractivity contribution in [1.29, 1.82) is 0 Å². The first kappa shape index (κ1) is 21.2. The van der Waals surface area contributed by atoms with Gasteiger partial charge >= 0.3 is 6.03 Å². The highest BCUT2D eigenvalue weighted by Crippen LogP contribution is 2.46. The lowest BCUT2D eigenvalue weighted by atomic mass is 9.91. The number of benzene rings is 3. The number of hydrogen-bond donors (Lipinski definition) is 1. The molecule has 7 heteroatoms. The van der Waals surface area contributed by atoms with Gasteiger partial charge in [0.2, 0.25) is 0 Å². The first-order chi connectivity index (χ1) is 14.9. The van der Waals surface area contributed by atoms with E-state index in [1.165, 1.54) is 4.90 Å². The van der Waals surface area contributed by atoms with Gasteiger partial charge in [-0.05, 0) is 66.6 Å². The summed E-state index contributed by atoms with van der Waals surface area (Å²) in [5.41, 5.74) is 0.263. The quantitative estimate of drug-likeness (QED) is 0.453. The monoisotopic (exact) mass is 451 g/mol. The lowest BCUT2D eigenvalue weighted by molar-refractivity contribution is 0.0307. The van der Waals surface area contributed by atoms with Gasteiger partial charge in [0.15, 0.2) is 11.4 Å². The van der Waals surface area contributed by atoms with Crippen LogP contribution in [0.1, 0.15) is 18.9 Å². The molecule has 1 aliphatic rings. The summed E-state index contributed by atoms with van der Waals surface area (Å²) < 4.78 is 0. The first-order valence-electron chi connectivity index (χ1n) is 9.75. The van der Waals surface area contributed by atoms with Crippen molar-refractivity contribution in [3.63, 3.8) is 0 Å². The van der Waals surface area contributed by atoms with Crippen LogP contribution in [0, 0.1) is 6.57 Å². The molecule has 3 aromatic rings. The second-order valence-corrected chi connectivity index (χ2v) is 8.13. The summed E-state index contributed by atoms with van der Waals surface area (Å²) in [5, 5.41) is 13.3. The van der Waals surface area contributed by atoms with Crippen LogP contribution in [0.2, 0.25) is 10.0 Å². The molecule has 0 spiro atoms. The van der Waals surface area contributed by atoms with Gasteiger partial charge in [-0.25, -0.2) is 9.64 Å². The smallest absolute Gasteiger partial charge is 0.332 e. The fourth-order valence-electron chi connectivity index (χ4n) is 4.10. The van der Waals surface area contributed by atoms with Crippen molar-refractivity contribution in [1.82, 2.24) is 0 Å². The second-order valence-electron chi connectivity index (χ2n) is 7.25. The molecule has 1 fully saturated rings. The zero-order valence-corrected chi connectivity index (χ0v) is 18.2. The van der Waals surface area contributed by atoms with E-state index in [2.05, 4.69) is 4.85 Å².